The second-order valence-corrected chi connectivity index (χ2v) is 4.58. The van der Waals surface area contributed by atoms with E-state index in [-0.39, 0.29) is 0 Å². The van der Waals surface area contributed by atoms with E-state index in [1.54, 1.807) is 13.3 Å². The molecule has 0 amide bonds. The maximum Gasteiger partial charge on any atom is 0.0743 e. The van der Waals surface area contributed by atoms with Gasteiger partial charge in [0.1, 0.15) is 0 Å². The first kappa shape index (κ1) is 12.6. The SMILES string of the molecule is COCC(C)CNc1ccnc2cc(N)ccc12. The van der Waals surface area contributed by atoms with E-state index in [9.17, 15) is 0 Å². The minimum absolute atomic E-state index is 0.465. The molecule has 1 aromatic carbocycles. The zero-order valence-electron chi connectivity index (χ0n) is 10.8. The molecule has 4 nitrogen and oxygen atoms in total. The van der Waals surface area contributed by atoms with Crippen molar-refractivity contribution in [1.29, 1.82) is 0 Å². The van der Waals surface area contributed by atoms with Crippen molar-refractivity contribution >= 4 is 22.3 Å². The van der Waals surface area contributed by atoms with Crippen LogP contribution in [0.3, 0.4) is 0 Å². The van der Waals surface area contributed by atoms with Crippen molar-refractivity contribution in [2.75, 3.05) is 31.3 Å². The van der Waals surface area contributed by atoms with Gasteiger partial charge < -0.3 is 15.8 Å². The monoisotopic (exact) mass is 245 g/mol. The molecular weight excluding hydrogens is 226 g/mol. The second-order valence-electron chi connectivity index (χ2n) is 4.58. The molecule has 0 fully saturated rings. The molecule has 2 aromatic rings. The Bertz CT molecular complexity index is 527. The van der Waals surface area contributed by atoms with Crippen LogP contribution < -0.4 is 11.1 Å². The molecule has 2 rings (SSSR count). The van der Waals surface area contributed by atoms with E-state index >= 15 is 0 Å². The zero-order chi connectivity index (χ0) is 13.0. The van der Waals surface area contributed by atoms with Gasteiger partial charge in [-0.05, 0) is 30.2 Å². The number of nitrogens with zero attached hydrogens (tertiary/aromatic N) is 1. The lowest BCUT2D eigenvalue weighted by Gasteiger charge is -2.14. The third-order valence-corrected chi connectivity index (χ3v) is 2.86. The Morgan fingerprint density at radius 1 is 1.39 bits per heavy atom. The van der Waals surface area contributed by atoms with Gasteiger partial charge in [-0.25, -0.2) is 0 Å². The third kappa shape index (κ3) is 2.90. The number of nitrogen functional groups attached to an aromatic ring is 1. The summed E-state index contributed by atoms with van der Waals surface area (Å²) in [6, 6.07) is 7.77. The van der Waals surface area contributed by atoms with Crippen LogP contribution in [0.25, 0.3) is 10.9 Å². The van der Waals surface area contributed by atoms with Crippen molar-refractivity contribution in [3.05, 3.63) is 30.5 Å². The molecule has 1 unspecified atom stereocenters. The number of rotatable bonds is 5. The van der Waals surface area contributed by atoms with Gasteiger partial charge in [-0.15, -0.1) is 0 Å². The van der Waals surface area contributed by atoms with E-state index in [0.717, 1.165) is 35.4 Å². The van der Waals surface area contributed by atoms with Gasteiger partial charge in [-0.2, -0.15) is 0 Å². The lowest BCUT2D eigenvalue weighted by Crippen LogP contribution is -2.15. The smallest absolute Gasteiger partial charge is 0.0743 e. The number of hydrogen-bond donors (Lipinski definition) is 2. The predicted molar refractivity (Wildman–Crippen MR) is 75.7 cm³/mol. The molecule has 0 aliphatic rings. The topological polar surface area (TPSA) is 60.2 Å². The molecule has 0 saturated carbocycles. The number of methoxy groups -OCH3 is 1. The molecule has 4 heteroatoms. The summed E-state index contributed by atoms with van der Waals surface area (Å²) in [6.45, 7) is 3.78. The fourth-order valence-electron chi connectivity index (χ4n) is 1.95. The standard InChI is InChI=1S/C14H19N3O/c1-10(9-18-2)8-17-13-5-6-16-14-7-11(15)3-4-12(13)14/h3-7,10H,8-9,15H2,1-2H3,(H,16,17). The summed E-state index contributed by atoms with van der Waals surface area (Å²) < 4.78 is 5.13. The Hall–Kier alpha value is -1.81. The lowest BCUT2D eigenvalue weighted by atomic mass is 10.1. The van der Waals surface area contributed by atoms with Crippen LogP contribution in [0.2, 0.25) is 0 Å². The molecule has 0 bridgehead atoms. The molecule has 18 heavy (non-hydrogen) atoms. The van der Waals surface area contributed by atoms with Crippen molar-refractivity contribution in [3.63, 3.8) is 0 Å². The van der Waals surface area contributed by atoms with E-state index < -0.39 is 0 Å². The summed E-state index contributed by atoms with van der Waals surface area (Å²) in [6.07, 6.45) is 1.80. The summed E-state index contributed by atoms with van der Waals surface area (Å²) in [5.74, 6) is 0.465. The van der Waals surface area contributed by atoms with Crippen LogP contribution in [-0.2, 0) is 4.74 Å². The molecule has 1 aromatic heterocycles. The highest BCUT2D eigenvalue weighted by Gasteiger charge is 2.04. The van der Waals surface area contributed by atoms with Crippen molar-refractivity contribution in [1.82, 2.24) is 4.98 Å². The maximum atomic E-state index is 5.76. The van der Waals surface area contributed by atoms with E-state index in [4.69, 9.17) is 10.5 Å². The highest BCUT2D eigenvalue weighted by molar-refractivity contribution is 5.92. The van der Waals surface area contributed by atoms with Gasteiger partial charge in [0.2, 0.25) is 0 Å². The lowest BCUT2D eigenvalue weighted by molar-refractivity contribution is 0.164. The van der Waals surface area contributed by atoms with E-state index in [0.29, 0.717) is 5.92 Å². The summed E-state index contributed by atoms with van der Waals surface area (Å²) in [5.41, 5.74) is 8.50. The number of nitrogens with one attached hydrogen (secondary N) is 1. The minimum Gasteiger partial charge on any atom is -0.399 e. The van der Waals surface area contributed by atoms with Gasteiger partial charge in [-0.3, -0.25) is 4.98 Å². The Morgan fingerprint density at radius 2 is 2.22 bits per heavy atom. The Labute approximate surface area is 107 Å². The molecule has 3 N–H and O–H groups in total. The summed E-state index contributed by atoms with van der Waals surface area (Å²) in [7, 11) is 1.72. The number of anilines is 2. The summed E-state index contributed by atoms with van der Waals surface area (Å²) in [4.78, 5) is 4.32. The van der Waals surface area contributed by atoms with Crippen molar-refractivity contribution < 1.29 is 4.74 Å². The minimum atomic E-state index is 0.465. The molecule has 0 spiro atoms. The van der Waals surface area contributed by atoms with Crippen molar-refractivity contribution in [2.45, 2.75) is 6.92 Å². The molecule has 1 atom stereocenters. The highest BCUT2D eigenvalue weighted by Crippen LogP contribution is 2.23. The van der Waals surface area contributed by atoms with Crippen LogP contribution in [0, 0.1) is 5.92 Å². The number of nitrogens with two attached hydrogens (primary N) is 1. The molecular formula is C14H19N3O. The number of fused-ring (bicyclic) bond motifs is 1. The average Bonchev–Trinajstić information content (AvgIpc) is 2.36. The van der Waals surface area contributed by atoms with Crippen LogP contribution in [0.4, 0.5) is 11.4 Å². The highest BCUT2D eigenvalue weighted by atomic mass is 16.5. The first-order valence-corrected chi connectivity index (χ1v) is 6.07. The number of benzene rings is 1. The number of pyridine rings is 1. The summed E-state index contributed by atoms with van der Waals surface area (Å²) >= 11 is 0. The zero-order valence-corrected chi connectivity index (χ0v) is 10.8. The number of hydrogen-bond acceptors (Lipinski definition) is 4. The fourth-order valence-corrected chi connectivity index (χ4v) is 1.95. The van der Waals surface area contributed by atoms with E-state index in [2.05, 4.69) is 17.2 Å². The Balaban J connectivity index is 2.18. The molecule has 0 aliphatic carbocycles. The van der Waals surface area contributed by atoms with Gasteiger partial charge >= 0.3 is 0 Å². The fraction of sp³-hybridized carbons (Fsp3) is 0.357. The Morgan fingerprint density at radius 3 is 3.00 bits per heavy atom. The van der Waals surface area contributed by atoms with Gasteiger partial charge in [0.05, 0.1) is 12.1 Å². The Kier molecular flexibility index (Phi) is 3.99. The number of aromatic nitrogens is 1. The van der Waals surface area contributed by atoms with Crippen LogP contribution in [-0.4, -0.2) is 25.2 Å². The largest absolute Gasteiger partial charge is 0.399 e. The summed E-state index contributed by atoms with van der Waals surface area (Å²) in [5, 5.41) is 4.52. The first-order valence-electron chi connectivity index (χ1n) is 6.07. The quantitative estimate of drug-likeness (QED) is 0.795. The molecule has 0 aliphatic heterocycles. The molecule has 96 valence electrons. The van der Waals surface area contributed by atoms with Crippen molar-refractivity contribution in [2.24, 2.45) is 5.92 Å². The van der Waals surface area contributed by atoms with Gasteiger partial charge in [-0.1, -0.05) is 6.92 Å². The van der Waals surface area contributed by atoms with Crippen molar-refractivity contribution in [3.8, 4) is 0 Å². The normalized spacial score (nSPS) is 12.6. The van der Waals surface area contributed by atoms with Crippen LogP contribution >= 0.6 is 0 Å². The van der Waals surface area contributed by atoms with Crippen LogP contribution in [0.5, 0.6) is 0 Å². The van der Waals surface area contributed by atoms with Crippen LogP contribution in [0.1, 0.15) is 6.92 Å². The van der Waals surface area contributed by atoms with E-state index in [1.165, 1.54) is 0 Å². The average molecular weight is 245 g/mol. The third-order valence-electron chi connectivity index (χ3n) is 2.86. The molecule has 0 radical (unpaired) electrons. The van der Waals surface area contributed by atoms with Gasteiger partial charge in [0.15, 0.2) is 0 Å². The van der Waals surface area contributed by atoms with Gasteiger partial charge in [0.25, 0.3) is 0 Å². The molecule has 1 heterocycles. The predicted octanol–water partition coefficient (Wildman–Crippen LogP) is 2.51. The molecule has 0 saturated heterocycles. The van der Waals surface area contributed by atoms with E-state index in [1.807, 2.05) is 24.3 Å². The number of ether oxygens (including phenoxy) is 1. The van der Waals surface area contributed by atoms with Gasteiger partial charge in [0, 0.05) is 36.6 Å². The second kappa shape index (κ2) is 5.69. The first-order chi connectivity index (χ1) is 8.70. The maximum absolute atomic E-state index is 5.76. The van der Waals surface area contributed by atoms with Crippen LogP contribution in [0.15, 0.2) is 30.5 Å².